The van der Waals surface area contributed by atoms with E-state index >= 15 is 0 Å². The third-order valence-corrected chi connectivity index (χ3v) is 3.02. The molecule has 0 aliphatic heterocycles. The second-order valence-corrected chi connectivity index (χ2v) is 4.59. The number of nitrogens with zero attached hydrogens (tertiary/aromatic N) is 3. The molecular formula is C14H17N3O3. The van der Waals surface area contributed by atoms with Crippen molar-refractivity contribution in [3.63, 3.8) is 0 Å². The minimum absolute atomic E-state index is 0.167. The van der Waals surface area contributed by atoms with Crippen LogP contribution in [0, 0.1) is 0 Å². The fourth-order valence-electron chi connectivity index (χ4n) is 2.12. The van der Waals surface area contributed by atoms with Crippen LogP contribution in [0.2, 0.25) is 0 Å². The summed E-state index contributed by atoms with van der Waals surface area (Å²) in [4.78, 5) is 24.4. The number of carboxylic acid groups (broad SMARTS) is 1. The van der Waals surface area contributed by atoms with Gasteiger partial charge in [-0.25, -0.2) is 4.52 Å². The highest BCUT2D eigenvalue weighted by Crippen LogP contribution is 2.12. The molecule has 1 amide bonds. The molecule has 2 rings (SSSR count). The number of aromatic nitrogens is 2. The maximum Gasteiger partial charge on any atom is 0.323 e. The molecule has 2 aromatic rings. The van der Waals surface area contributed by atoms with Gasteiger partial charge in [-0.1, -0.05) is 13.0 Å². The maximum atomic E-state index is 12.2. The van der Waals surface area contributed by atoms with Crippen LogP contribution < -0.4 is 0 Å². The summed E-state index contributed by atoms with van der Waals surface area (Å²) >= 11 is 0. The van der Waals surface area contributed by atoms with Crippen LogP contribution in [0.4, 0.5) is 0 Å². The number of hydrogen-bond donors (Lipinski definition) is 1. The summed E-state index contributed by atoms with van der Waals surface area (Å²) in [7, 11) is 0. The van der Waals surface area contributed by atoms with E-state index in [2.05, 4.69) is 5.10 Å². The van der Waals surface area contributed by atoms with Crippen molar-refractivity contribution in [3.05, 3.63) is 36.2 Å². The molecule has 0 aliphatic carbocycles. The molecule has 2 heterocycles. The molecule has 2 aromatic heterocycles. The molecular weight excluding hydrogens is 258 g/mol. The van der Waals surface area contributed by atoms with Crippen molar-refractivity contribution in [2.24, 2.45) is 0 Å². The van der Waals surface area contributed by atoms with Gasteiger partial charge in [0.1, 0.15) is 6.54 Å². The topological polar surface area (TPSA) is 74.9 Å². The molecule has 20 heavy (non-hydrogen) atoms. The molecule has 106 valence electrons. The summed E-state index contributed by atoms with van der Waals surface area (Å²) in [6, 6.07) is 5.63. The normalized spacial score (nSPS) is 10.7. The summed E-state index contributed by atoms with van der Waals surface area (Å²) in [6.07, 6.45) is 4.36. The van der Waals surface area contributed by atoms with E-state index in [-0.39, 0.29) is 18.9 Å². The van der Waals surface area contributed by atoms with Gasteiger partial charge in [-0.2, -0.15) is 5.10 Å². The third-order valence-electron chi connectivity index (χ3n) is 3.02. The SMILES string of the molecule is CCCN(CC(=O)O)C(=O)Cc1cnn2ccccc12. The zero-order valence-electron chi connectivity index (χ0n) is 11.3. The van der Waals surface area contributed by atoms with Crippen LogP contribution in [0.15, 0.2) is 30.6 Å². The number of carbonyl (C=O) groups excluding carboxylic acids is 1. The minimum Gasteiger partial charge on any atom is -0.480 e. The van der Waals surface area contributed by atoms with Crippen LogP contribution >= 0.6 is 0 Å². The van der Waals surface area contributed by atoms with Gasteiger partial charge in [0.2, 0.25) is 5.91 Å². The predicted molar refractivity (Wildman–Crippen MR) is 73.4 cm³/mol. The molecule has 0 aliphatic rings. The maximum absolute atomic E-state index is 12.2. The number of pyridine rings is 1. The number of rotatable bonds is 6. The van der Waals surface area contributed by atoms with Gasteiger partial charge in [-0.05, 0) is 18.6 Å². The van der Waals surface area contributed by atoms with Crippen molar-refractivity contribution in [2.75, 3.05) is 13.1 Å². The number of carboxylic acids is 1. The third kappa shape index (κ3) is 3.14. The van der Waals surface area contributed by atoms with Crippen LogP contribution in [-0.2, 0) is 16.0 Å². The molecule has 0 spiro atoms. The first-order valence-corrected chi connectivity index (χ1v) is 6.52. The van der Waals surface area contributed by atoms with Gasteiger partial charge < -0.3 is 10.0 Å². The molecule has 1 N–H and O–H groups in total. The number of carbonyl (C=O) groups is 2. The van der Waals surface area contributed by atoms with Crippen LogP contribution in [0.1, 0.15) is 18.9 Å². The van der Waals surface area contributed by atoms with Crippen LogP contribution in [0.25, 0.3) is 5.52 Å². The van der Waals surface area contributed by atoms with E-state index < -0.39 is 5.97 Å². The lowest BCUT2D eigenvalue weighted by Crippen LogP contribution is -2.37. The monoisotopic (exact) mass is 275 g/mol. The standard InChI is InChI=1S/C14H17N3O3/c1-2-6-16(10-14(19)20)13(18)8-11-9-15-17-7-4-3-5-12(11)17/h3-5,7,9H,2,6,8,10H2,1H3,(H,19,20). The lowest BCUT2D eigenvalue weighted by Gasteiger charge is -2.19. The Hall–Kier alpha value is -2.37. The summed E-state index contributed by atoms with van der Waals surface area (Å²) in [5, 5.41) is 13.0. The first-order chi connectivity index (χ1) is 9.61. The van der Waals surface area contributed by atoms with Gasteiger partial charge in [0.25, 0.3) is 0 Å². The van der Waals surface area contributed by atoms with Crippen molar-refractivity contribution < 1.29 is 14.7 Å². The highest BCUT2D eigenvalue weighted by molar-refractivity contribution is 5.84. The van der Waals surface area contributed by atoms with E-state index in [1.807, 2.05) is 31.3 Å². The smallest absolute Gasteiger partial charge is 0.323 e. The van der Waals surface area contributed by atoms with E-state index in [0.717, 1.165) is 17.5 Å². The fourth-order valence-corrected chi connectivity index (χ4v) is 2.12. The second-order valence-electron chi connectivity index (χ2n) is 4.59. The van der Waals surface area contributed by atoms with Gasteiger partial charge in [0.05, 0.1) is 18.1 Å². The zero-order chi connectivity index (χ0) is 14.5. The van der Waals surface area contributed by atoms with Gasteiger partial charge >= 0.3 is 5.97 Å². The largest absolute Gasteiger partial charge is 0.480 e. The van der Waals surface area contributed by atoms with Crippen molar-refractivity contribution in [3.8, 4) is 0 Å². The molecule has 6 heteroatoms. The van der Waals surface area contributed by atoms with E-state index in [1.54, 1.807) is 10.7 Å². The van der Waals surface area contributed by atoms with Crippen molar-refractivity contribution >= 4 is 17.4 Å². The van der Waals surface area contributed by atoms with Crippen LogP contribution in [0.5, 0.6) is 0 Å². The molecule has 0 atom stereocenters. The molecule has 0 unspecified atom stereocenters. The lowest BCUT2D eigenvalue weighted by atomic mass is 10.2. The molecule has 0 radical (unpaired) electrons. The van der Waals surface area contributed by atoms with E-state index in [4.69, 9.17) is 5.11 Å². The predicted octanol–water partition coefficient (Wildman–Crippen LogP) is 1.20. The number of aliphatic carboxylic acids is 1. The van der Waals surface area contributed by atoms with Crippen molar-refractivity contribution in [1.82, 2.24) is 14.5 Å². The number of fused-ring (bicyclic) bond motifs is 1. The Balaban J connectivity index is 2.14. The summed E-state index contributed by atoms with van der Waals surface area (Å²) in [6.45, 7) is 2.10. The van der Waals surface area contributed by atoms with Crippen LogP contribution in [-0.4, -0.2) is 44.6 Å². The number of amides is 1. The Morgan fingerprint density at radius 1 is 1.40 bits per heavy atom. The fraction of sp³-hybridized carbons (Fsp3) is 0.357. The summed E-state index contributed by atoms with van der Waals surface area (Å²) < 4.78 is 1.70. The van der Waals surface area contributed by atoms with Gasteiger partial charge in [-0.15, -0.1) is 0 Å². The van der Waals surface area contributed by atoms with Crippen molar-refractivity contribution in [1.29, 1.82) is 0 Å². The molecule has 6 nitrogen and oxygen atoms in total. The molecule has 0 fully saturated rings. The van der Waals surface area contributed by atoms with Gasteiger partial charge in [0.15, 0.2) is 0 Å². The minimum atomic E-state index is -0.994. The molecule has 0 aromatic carbocycles. The van der Waals surface area contributed by atoms with Crippen molar-refractivity contribution in [2.45, 2.75) is 19.8 Å². The molecule has 0 saturated carbocycles. The first kappa shape index (κ1) is 14.0. The van der Waals surface area contributed by atoms with Gasteiger partial charge in [0, 0.05) is 18.3 Å². The molecule has 0 bridgehead atoms. The van der Waals surface area contributed by atoms with E-state index in [9.17, 15) is 9.59 Å². The van der Waals surface area contributed by atoms with Gasteiger partial charge in [-0.3, -0.25) is 9.59 Å². The molecule has 0 saturated heterocycles. The zero-order valence-corrected chi connectivity index (χ0v) is 11.3. The lowest BCUT2D eigenvalue weighted by molar-refractivity contribution is -0.144. The quantitative estimate of drug-likeness (QED) is 0.859. The Morgan fingerprint density at radius 3 is 2.90 bits per heavy atom. The van der Waals surface area contributed by atoms with E-state index in [0.29, 0.717) is 6.54 Å². The highest BCUT2D eigenvalue weighted by Gasteiger charge is 2.17. The number of hydrogen-bond acceptors (Lipinski definition) is 3. The summed E-state index contributed by atoms with van der Waals surface area (Å²) in [5.74, 6) is -1.18. The van der Waals surface area contributed by atoms with E-state index in [1.165, 1.54) is 4.90 Å². The Bertz CT molecular complexity index is 621. The average Bonchev–Trinajstić information content (AvgIpc) is 2.81. The highest BCUT2D eigenvalue weighted by atomic mass is 16.4. The second kappa shape index (κ2) is 6.18. The first-order valence-electron chi connectivity index (χ1n) is 6.52. The average molecular weight is 275 g/mol. The Labute approximate surface area is 116 Å². The Morgan fingerprint density at radius 2 is 2.20 bits per heavy atom. The Kier molecular flexibility index (Phi) is 4.34. The van der Waals surface area contributed by atoms with Crippen LogP contribution in [0.3, 0.4) is 0 Å². The summed E-state index contributed by atoms with van der Waals surface area (Å²) in [5.41, 5.74) is 1.68.